The largest absolute Gasteiger partial charge is 0.493 e. The number of nitrogens with one attached hydrogen (secondary N) is 1. The molecule has 0 radical (unpaired) electrons. The summed E-state index contributed by atoms with van der Waals surface area (Å²) in [6.45, 7) is 0.694. The van der Waals surface area contributed by atoms with E-state index in [1.807, 2.05) is 36.4 Å². The van der Waals surface area contributed by atoms with Crippen molar-refractivity contribution < 1.29 is 14.3 Å². The minimum absolute atomic E-state index is 0.108. The van der Waals surface area contributed by atoms with Gasteiger partial charge < -0.3 is 20.5 Å². The fourth-order valence-corrected chi connectivity index (χ4v) is 2.37. The molecule has 2 aromatic carbocycles. The SMILES string of the molecule is COc1ccc(C(CN)C(=O)NCc2ccccc2)cc1OC. The summed E-state index contributed by atoms with van der Waals surface area (Å²) in [5.74, 6) is 0.665. The molecule has 0 fully saturated rings. The second kappa shape index (κ2) is 8.19. The monoisotopic (exact) mass is 314 g/mol. The van der Waals surface area contributed by atoms with Gasteiger partial charge in [-0.05, 0) is 23.3 Å². The summed E-state index contributed by atoms with van der Waals surface area (Å²) >= 11 is 0. The minimum Gasteiger partial charge on any atom is -0.493 e. The van der Waals surface area contributed by atoms with Gasteiger partial charge in [0.2, 0.25) is 5.91 Å². The molecule has 0 saturated carbocycles. The predicted molar refractivity (Wildman–Crippen MR) is 89.6 cm³/mol. The molecule has 0 saturated heterocycles. The highest BCUT2D eigenvalue weighted by atomic mass is 16.5. The molecule has 0 spiro atoms. The molecule has 0 aliphatic carbocycles. The van der Waals surface area contributed by atoms with Crippen LogP contribution in [0.4, 0.5) is 0 Å². The van der Waals surface area contributed by atoms with Crippen LogP contribution in [0.3, 0.4) is 0 Å². The van der Waals surface area contributed by atoms with Gasteiger partial charge in [0, 0.05) is 13.1 Å². The number of benzene rings is 2. The summed E-state index contributed by atoms with van der Waals surface area (Å²) in [5.41, 5.74) is 7.65. The molecule has 1 atom stereocenters. The van der Waals surface area contributed by atoms with E-state index in [4.69, 9.17) is 15.2 Å². The van der Waals surface area contributed by atoms with Gasteiger partial charge in [0.15, 0.2) is 11.5 Å². The average molecular weight is 314 g/mol. The predicted octanol–water partition coefficient (Wildman–Crippen LogP) is 2.06. The second-order valence-corrected chi connectivity index (χ2v) is 5.11. The van der Waals surface area contributed by atoms with Gasteiger partial charge in [0.25, 0.3) is 0 Å². The summed E-state index contributed by atoms with van der Waals surface area (Å²) < 4.78 is 10.5. The van der Waals surface area contributed by atoms with Crippen LogP contribution in [0.15, 0.2) is 48.5 Å². The van der Waals surface area contributed by atoms with Crippen LogP contribution >= 0.6 is 0 Å². The molecule has 122 valence electrons. The van der Waals surface area contributed by atoms with E-state index in [1.165, 1.54) is 0 Å². The van der Waals surface area contributed by atoms with Gasteiger partial charge in [0.1, 0.15) is 0 Å². The van der Waals surface area contributed by atoms with Gasteiger partial charge in [-0.2, -0.15) is 0 Å². The number of rotatable bonds is 7. The number of hydrogen-bond acceptors (Lipinski definition) is 4. The van der Waals surface area contributed by atoms with E-state index in [0.717, 1.165) is 11.1 Å². The number of carbonyl (C=O) groups is 1. The van der Waals surface area contributed by atoms with Gasteiger partial charge in [-0.15, -0.1) is 0 Å². The summed E-state index contributed by atoms with van der Waals surface area (Å²) in [6, 6.07) is 15.2. The topological polar surface area (TPSA) is 73.6 Å². The maximum atomic E-state index is 12.4. The summed E-state index contributed by atoms with van der Waals surface area (Å²) in [4.78, 5) is 12.4. The third-order valence-electron chi connectivity index (χ3n) is 3.67. The third-order valence-corrected chi connectivity index (χ3v) is 3.67. The Morgan fingerprint density at radius 1 is 1.09 bits per heavy atom. The van der Waals surface area contributed by atoms with Crippen molar-refractivity contribution in [3.63, 3.8) is 0 Å². The Bertz CT molecular complexity index is 644. The van der Waals surface area contributed by atoms with Crippen LogP contribution in [0.2, 0.25) is 0 Å². The number of ether oxygens (including phenoxy) is 2. The molecule has 0 aromatic heterocycles. The van der Waals surface area contributed by atoms with Crippen LogP contribution in [-0.4, -0.2) is 26.7 Å². The standard InChI is InChI=1S/C18H22N2O3/c1-22-16-9-8-14(10-17(16)23-2)15(11-19)18(21)20-12-13-6-4-3-5-7-13/h3-10,15H,11-12,19H2,1-2H3,(H,20,21). The zero-order valence-corrected chi connectivity index (χ0v) is 13.4. The molecule has 2 rings (SSSR count). The van der Waals surface area contributed by atoms with Crippen molar-refractivity contribution in [1.29, 1.82) is 0 Å². The lowest BCUT2D eigenvalue weighted by Gasteiger charge is -2.17. The normalized spacial score (nSPS) is 11.6. The first-order chi connectivity index (χ1) is 11.2. The summed E-state index contributed by atoms with van der Waals surface area (Å²) in [7, 11) is 3.14. The first kappa shape index (κ1) is 16.8. The Kier molecular flexibility index (Phi) is 6.00. The quantitative estimate of drug-likeness (QED) is 0.820. The van der Waals surface area contributed by atoms with E-state index in [2.05, 4.69) is 5.32 Å². The first-order valence-electron chi connectivity index (χ1n) is 7.43. The lowest BCUT2D eigenvalue weighted by Crippen LogP contribution is -2.33. The number of hydrogen-bond donors (Lipinski definition) is 2. The highest BCUT2D eigenvalue weighted by Crippen LogP contribution is 2.30. The molecule has 0 bridgehead atoms. The van der Waals surface area contributed by atoms with Crippen molar-refractivity contribution in [2.45, 2.75) is 12.5 Å². The lowest BCUT2D eigenvalue weighted by atomic mass is 9.97. The van der Waals surface area contributed by atoms with Crippen molar-refractivity contribution in [3.05, 3.63) is 59.7 Å². The van der Waals surface area contributed by atoms with E-state index in [1.54, 1.807) is 26.4 Å². The Morgan fingerprint density at radius 2 is 1.78 bits per heavy atom. The smallest absolute Gasteiger partial charge is 0.229 e. The molecular weight excluding hydrogens is 292 g/mol. The van der Waals surface area contributed by atoms with Crippen LogP contribution < -0.4 is 20.5 Å². The van der Waals surface area contributed by atoms with Crippen molar-refractivity contribution in [2.75, 3.05) is 20.8 Å². The average Bonchev–Trinajstić information content (AvgIpc) is 2.61. The van der Waals surface area contributed by atoms with Gasteiger partial charge in [-0.25, -0.2) is 0 Å². The second-order valence-electron chi connectivity index (χ2n) is 5.11. The number of methoxy groups -OCH3 is 2. The molecule has 3 N–H and O–H groups in total. The number of carbonyl (C=O) groups excluding carboxylic acids is 1. The molecule has 1 amide bonds. The van der Waals surface area contributed by atoms with E-state index in [9.17, 15) is 4.79 Å². The highest BCUT2D eigenvalue weighted by Gasteiger charge is 2.20. The Morgan fingerprint density at radius 3 is 2.39 bits per heavy atom. The zero-order chi connectivity index (χ0) is 16.7. The number of amides is 1. The van der Waals surface area contributed by atoms with Crippen LogP contribution in [0.5, 0.6) is 11.5 Å². The van der Waals surface area contributed by atoms with Crippen LogP contribution in [0.25, 0.3) is 0 Å². The van der Waals surface area contributed by atoms with Gasteiger partial charge >= 0.3 is 0 Å². The van der Waals surface area contributed by atoms with Gasteiger partial charge in [-0.1, -0.05) is 36.4 Å². The molecule has 0 heterocycles. The lowest BCUT2D eigenvalue weighted by molar-refractivity contribution is -0.122. The molecule has 0 aliphatic heterocycles. The van der Waals surface area contributed by atoms with Crippen LogP contribution in [-0.2, 0) is 11.3 Å². The van der Waals surface area contributed by atoms with E-state index in [-0.39, 0.29) is 12.5 Å². The van der Waals surface area contributed by atoms with Gasteiger partial charge in [-0.3, -0.25) is 4.79 Å². The van der Waals surface area contributed by atoms with Crippen molar-refractivity contribution in [3.8, 4) is 11.5 Å². The molecule has 5 nitrogen and oxygen atoms in total. The number of nitrogens with two attached hydrogens (primary N) is 1. The Labute approximate surface area is 136 Å². The van der Waals surface area contributed by atoms with E-state index in [0.29, 0.717) is 18.0 Å². The van der Waals surface area contributed by atoms with E-state index < -0.39 is 5.92 Å². The molecule has 5 heteroatoms. The Balaban J connectivity index is 2.10. The van der Waals surface area contributed by atoms with Crippen molar-refractivity contribution >= 4 is 5.91 Å². The molecule has 0 aliphatic rings. The van der Waals surface area contributed by atoms with Crippen molar-refractivity contribution in [1.82, 2.24) is 5.32 Å². The first-order valence-corrected chi connectivity index (χ1v) is 7.43. The zero-order valence-electron chi connectivity index (χ0n) is 13.4. The van der Waals surface area contributed by atoms with Crippen molar-refractivity contribution in [2.24, 2.45) is 5.73 Å². The minimum atomic E-state index is -0.432. The molecule has 1 unspecified atom stereocenters. The fraction of sp³-hybridized carbons (Fsp3) is 0.278. The maximum Gasteiger partial charge on any atom is 0.229 e. The van der Waals surface area contributed by atoms with E-state index >= 15 is 0 Å². The summed E-state index contributed by atoms with van der Waals surface area (Å²) in [5, 5.41) is 2.92. The van der Waals surface area contributed by atoms with Gasteiger partial charge in [0.05, 0.1) is 20.1 Å². The summed E-state index contributed by atoms with van der Waals surface area (Å²) in [6.07, 6.45) is 0. The molecular formula is C18H22N2O3. The van der Waals surface area contributed by atoms with Crippen LogP contribution in [0, 0.1) is 0 Å². The maximum absolute atomic E-state index is 12.4. The Hall–Kier alpha value is -2.53. The highest BCUT2D eigenvalue weighted by molar-refractivity contribution is 5.84. The molecule has 23 heavy (non-hydrogen) atoms. The third kappa shape index (κ3) is 4.23. The fourth-order valence-electron chi connectivity index (χ4n) is 2.37. The van der Waals surface area contributed by atoms with Crippen LogP contribution in [0.1, 0.15) is 17.0 Å². The molecule has 2 aromatic rings.